The van der Waals surface area contributed by atoms with Gasteiger partial charge in [0, 0.05) is 5.56 Å². The van der Waals surface area contributed by atoms with E-state index in [4.69, 9.17) is 9.68 Å². The van der Waals surface area contributed by atoms with Crippen molar-refractivity contribution in [3.8, 4) is 23.3 Å². The summed E-state index contributed by atoms with van der Waals surface area (Å²) in [4.78, 5) is 0. The van der Waals surface area contributed by atoms with Crippen molar-refractivity contribution in [2.45, 2.75) is 11.8 Å². The Hall–Kier alpha value is -2.14. The largest absolute Gasteiger partial charge is 0.435 e. The molecule has 0 atom stereocenters. The topological polar surface area (TPSA) is 71.9 Å². The zero-order valence-corrected chi connectivity index (χ0v) is 10.2. The Kier molecular flexibility index (Phi) is 4.30. The Morgan fingerprint density at radius 3 is 2.68 bits per heavy atom. The van der Waals surface area contributed by atoms with Gasteiger partial charge in [0.25, 0.3) is 5.22 Å². The summed E-state index contributed by atoms with van der Waals surface area (Å²) in [6, 6.07) is 7.77. The number of nitriles is 1. The maximum Gasteiger partial charge on any atom is 0.387 e. The van der Waals surface area contributed by atoms with Gasteiger partial charge >= 0.3 is 6.61 Å². The minimum absolute atomic E-state index is 0.0531. The van der Waals surface area contributed by atoms with Crippen LogP contribution in [0.25, 0.3) is 11.5 Å². The molecule has 1 aromatic carbocycles. The highest BCUT2D eigenvalue weighted by Gasteiger charge is 2.10. The van der Waals surface area contributed by atoms with Gasteiger partial charge in [0.2, 0.25) is 5.89 Å². The summed E-state index contributed by atoms with van der Waals surface area (Å²) in [7, 11) is 0. The van der Waals surface area contributed by atoms with Crippen LogP contribution in [0, 0.1) is 11.3 Å². The van der Waals surface area contributed by atoms with Crippen LogP contribution in [-0.4, -0.2) is 22.6 Å². The summed E-state index contributed by atoms with van der Waals surface area (Å²) < 4.78 is 33.5. The molecule has 0 N–H and O–H groups in total. The average molecular weight is 283 g/mol. The quantitative estimate of drug-likeness (QED) is 0.785. The van der Waals surface area contributed by atoms with Crippen LogP contribution in [0.15, 0.2) is 33.9 Å². The highest BCUT2D eigenvalue weighted by molar-refractivity contribution is 7.99. The molecule has 0 radical (unpaired) electrons. The molecule has 0 aliphatic carbocycles. The molecule has 8 heteroatoms. The predicted octanol–water partition coefficient (Wildman–Crippen LogP) is 2.95. The van der Waals surface area contributed by atoms with E-state index in [-0.39, 0.29) is 22.6 Å². The molecule has 1 heterocycles. The lowest BCUT2D eigenvalue weighted by Crippen LogP contribution is -2.01. The van der Waals surface area contributed by atoms with Crippen LogP contribution in [0.2, 0.25) is 0 Å². The first-order valence-corrected chi connectivity index (χ1v) is 6.06. The zero-order valence-electron chi connectivity index (χ0n) is 9.42. The number of thioether (sulfide) groups is 1. The highest BCUT2D eigenvalue weighted by atomic mass is 32.2. The fraction of sp³-hybridized carbons (Fsp3) is 0.182. The molecule has 5 nitrogen and oxygen atoms in total. The van der Waals surface area contributed by atoms with E-state index in [2.05, 4.69) is 14.9 Å². The van der Waals surface area contributed by atoms with E-state index < -0.39 is 6.61 Å². The summed E-state index contributed by atoms with van der Waals surface area (Å²) in [6.45, 7) is -2.86. The molecular weight excluding hydrogens is 276 g/mol. The van der Waals surface area contributed by atoms with Crippen molar-refractivity contribution in [3.63, 3.8) is 0 Å². The number of hydrogen-bond donors (Lipinski definition) is 0. The molecule has 0 amide bonds. The van der Waals surface area contributed by atoms with E-state index in [0.717, 1.165) is 11.8 Å². The van der Waals surface area contributed by atoms with Crippen LogP contribution in [0.1, 0.15) is 0 Å². The standard InChI is InChI=1S/C11H7F2N3O2S/c12-10(13)17-8-3-1-7(2-4-8)9-15-16-11(18-9)19-6-5-14/h1-4,10H,6H2. The van der Waals surface area contributed by atoms with Crippen molar-refractivity contribution in [1.82, 2.24) is 10.2 Å². The Labute approximate surface area is 111 Å². The maximum atomic E-state index is 12.0. The van der Waals surface area contributed by atoms with Crippen molar-refractivity contribution in [2.75, 3.05) is 5.75 Å². The first-order chi connectivity index (χ1) is 9.19. The molecule has 2 aromatic rings. The number of aromatic nitrogens is 2. The van der Waals surface area contributed by atoms with Crippen LogP contribution in [-0.2, 0) is 0 Å². The molecule has 0 aliphatic heterocycles. The minimum atomic E-state index is -2.86. The Morgan fingerprint density at radius 2 is 2.05 bits per heavy atom. The van der Waals surface area contributed by atoms with Gasteiger partial charge in [-0.3, -0.25) is 0 Å². The van der Waals surface area contributed by atoms with Gasteiger partial charge in [-0.1, -0.05) is 11.8 Å². The molecule has 0 spiro atoms. The molecule has 0 saturated carbocycles. The van der Waals surface area contributed by atoms with Crippen LogP contribution in [0.4, 0.5) is 8.78 Å². The zero-order chi connectivity index (χ0) is 13.7. The number of nitrogens with zero attached hydrogens (tertiary/aromatic N) is 3. The highest BCUT2D eigenvalue weighted by Crippen LogP contribution is 2.25. The first kappa shape index (κ1) is 13.3. The maximum absolute atomic E-state index is 12.0. The molecule has 0 aliphatic rings. The number of hydrogen-bond acceptors (Lipinski definition) is 6. The van der Waals surface area contributed by atoms with Crippen molar-refractivity contribution in [1.29, 1.82) is 5.26 Å². The molecule has 0 unspecified atom stereocenters. The third-order valence-corrected chi connectivity index (χ3v) is 2.68. The molecular formula is C11H7F2N3O2S. The van der Waals surface area contributed by atoms with Crippen LogP contribution >= 0.6 is 11.8 Å². The Balaban J connectivity index is 2.09. The number of rotatable bonds is 5. The van der Waals surface area contributed by atoms with Gasteiger partial charge in [-0.15, -0.1) is 10.2 Å². The molecule has 1 aromatic heterocycles. The lowest BCUT2D eigenvalue weighted by molar-refractivity contribution is -0.0498. The van der Waals surface area contributed by atoms with E-state index >= 15 is 0 Å². The molecule has 2 rings (SSSR count). The summed E-state index contributed by atoms with van der Waals surface area (Å²) in [5.41, 5.74) is 0.581. The summed E-state index contributed by atoms with van der Waals surface area (Å²) in [5.74, 6) is 0.518. The van der Waals surface area contributed by atoms with Crippen LogP contribution in [0.3, 0.4) is 0 Å². The molecule has 19 heavy (non-hydrogen) atoms. The molecule has 0 saturated heterocycles. The van der Waals surface area contributed by atoms with Gasteiger partial charge in [-0.2, -0.15) is 14.0 Å². The van der Waals surface area contributed by atoms with Gasteiger partial charge in [-0.05, 0) is 24.3 Å². The van der Waals surface area contributed by atoms with E-state index in [1.807, 2.05) is 6.07 Å². The van der Waals surface area contributed by atoms with E-state index in [1.165, 1.54) is 24.3 Å². The number of ether oxygens (including phenoxy) is 1. The SMILES string of the molecule is N#CCSc1nnc(-c2ccc(OC(F)F)cc2)o1. The van der Waals surface area contributed by atoms with Gasteiger partial charge in [-0.25, -0.2) is 0 Å². The molecule has 0 bridgehead atoms. The third kappa shape index (κ3) is 3.66. The smallest absolute Gasteiger partial charge is 0.387 e. The Bertz CT molecular complexity index is 580. The second kappa shape index (κ2) is 6.15. The number of alkyl halides is 2. The lowest BCUT2D eigenvalue weighted by atomic mass is 10.2. The van der Waals surface area contributed by atoms with Crippen molar-refractivity contribution < 1.29 is 17.9 Å². The molecule has 98 valence electrons. The van der Waals surface area contributed by atoms with Crippen LogP contribution < -0.4 is 4.74 Å². The van der Waals surface area contributed by atoms with Crippen molar-refractivity contribution in [2.24, 2.45) is 0 Å². The normalized spacial score (nSPS) is 10.4. The van der Waals surface area contributed by atoms with Crippen molar-refractivity contribution >= 4 is 11.8 Å². The fourth-order valence-electron chi connectivity index (χ4n) is 1.26. The first-order valence-electron chi connectivity index (χ1n) is 5.07. The second-order valence-corrected chi connectivity index (χ2v) is 4.15. The minimum Gasteiger partial charge on any atom is -0.435 e. The van der Waals surface area contributed by atoms with Gasteiger partial charge in [0.15, 0.2) is 0 Å². The molecule has 0 fully saturated rings. The van der Waals surface area contributed by atoms with Crippen molar-refractivity contribution in [3.05, 3.63) is 24.3 Å². The third-order valence-electron chi connectivity index (χ3n) is 1.99. The average Bonchev–Trinajstić information content (AvgIpc) is 2.85. The van der Waals surface area contributed by atoms with E-state index in [1.54, 1.807) is 0 Å². The van der Waals surface area contributed by atoms with Gasteiger partial charge in [0.1, 0.15) is 5.75 Å². The summed E-state index contributed by atoms with van der Waals surface area (Å²) >= 11 is 1.12. The monoisotopic (exact) mass is 283 g/mol. The predicted molar refractivity (Wildman–Crippen MR) is 62.7 cm³/mol. The summed E-state index contributed by atoms with van der Waals surface area (Å²) in [6.07, 6.45) is 0. The van der Waals surface area contributed by atoms with Gasteiger partial charge in [0.05, 0.1) is 11.8 Å². The van der Waals surface area contributed by atoms with E-state index in [9.17, 15) is 8.78 Å². The second-order valence-electron chi connectivity index (χ2n) is 3.22. The lowest BCUT2D eigenvalue weighted by Gasteiger charge is -2.03. The fourth-order valence-corrected chi connectivity index (χ4v) is 1.68. The number of benzene rings is 1. The summed E-state index contributed by atoms with van der Waals surface area (Å²) in [5, 5.41) is 16.2. The van der Waals surface area contributed by atoms with Crippen LogP contribution in [0.5, 0.6) is 5.75 Å². The van der Waals surface area contributed by atoms with Gasteiger partial charge < -0.3 is 9.15 Å². The van der Waals surface area contributed by atoms with E-state index in [0.29, 0.717) is 5.56 Å². The number of halogens is 2. The Morgan fingerprint density at radius 1 is 1.32 bits per heavy atom.